The first-order valence-electron chi connectivity index (χ1n) is 5.71. The van der Waals surface area contributed by atoms with Gasteiger partial charge in [-0.2, -0.15) is 13.2 Å². The smallest absolute Gasteiger partial charge is 0.395 e. The van der Waals surface area contributed by atoms with Crippen LogP contribution in [0.1, 0.15) is 15.9 Å². The predicted molar refractivity (Wildman–Crippen MR) is 68.4 cm³/mol. The van der Waals surface area contributed by atoms with Crippen molar-refractivity contribution < 1.29 is 23.1 Å². The van der Waals surface area contributed by atoms with Gasteiger partial charge in [0.15, 0.2) is 0 Å². The van der Waals surface area contributed by atoms with Gasteiger partial charge in [0.25, 0.3) is 0 Å². The summed E-state index contributed by atoms with van der Waals surface area (Å²) >= 11 is 5.91. The molecule has 1 amide bonds. The average Bonchev–Trinajstić information content (AvgIpc) is 2.29. The van der Waals surface area contributed by atoms with Gasteiger partial charge in [0.05, 0.1) is 13.2 Å². The van der Waals surface area contributed by atoms with E-state index in [9.17, 15) is 18.0 Å². The number of primary amides is 1. The second-order valence-electron chi connectivity index (χ2n) is 4.22. The minimum absolute atomic E-state index is 0.0854. The largest absolute Gasteiger partial charge is 0.401 e. The van der Waals surface area contributed by atoms with Crippen molar-refractivity contribution in [3.8, 4) is 0 Å². The minimum atomic E-state index is -4.37. The lowest BCUT2D eigenvalue weighted by molar-refractivity contribution is -0.147. The van der Waals surface area contributed by atoms with Crippen molar-refractivity contribution >= 4 is 17.5 Å². The van der Waals surface area contributed by atoms with E-state index in [0.717, 1.165) is 4.90 Å². The van der Waals surface area contributed by atoms with Crippen molar-refractivity contribution in [2.24, 2.45) is 5.73 Å². The summed E-state index contributed by atoms with van der Waals surface area (Å²) in [4.78, 5) is 12.0. The van der Waals surface area contributed by atoms with E-state index in [2.05, 4.69) is 0 Å². The lowest BCUT2D eigenvalue weighted by Gasteiger charge is -2.23. The van der Waals surface area contributed by atoms with Gasteiger partial charge in [-0.05, 0) is 17.7 Å². The first kappa shape index (κ1) is 16.7. The molecule has 112 valence electrons. The molecule has 0 spiro atoms. The molecule has 0 bridgehead atoms. The Morgan fingerprint density at radius 2 is 2.05 bits per heavy atom. The molecule has 0 aliphatic heterocycles. The third kappa shape index (κ3) is 5.36. The van der Waals surface area contributed by atoms with Gasteiger partial charge in [-0.15, -0.1) is 0 Å². The Hall–Kier alpha value is -1.31. The molecule has 0 aliphatic carbocycles. The molecule has 20 heavy (non-hydrogen) atoms. The van der Waals surface area contributed by atoms with E-state index < -0.39 is 25.2 Å². The van der Waals surface area contributed by atoms with Gasteiger partial charge in [0.1, 0.15) is 0 Å². The number of hydrogen-bond donors (Lipinski definition) is 2. The van der Waals surface area contributed by atoms with Gasteiger partial charge in [-0.3, -0.25) is 9.69 Å². The van der Waals surface area contributed by atoms with E-state index in [4.69, 9.17) is 22.4 Å². The highest BCUT2D eigenvalue weighted by atomic mass is 35.5. The van der Waals surface area contributed by atoms with Crippen LogP contribution in [0.4, 0.5) is 13.2 Å². The van der Waals surface area contributed by atoms with Crippen LogP contribution < -0.4 is 5.73 Å². The second kappa shape index (κ2) is 6.92. The van der Waals surface area contributed by atoms with E-state index in [1.165, 1.54) is 18.2 Å². The van der Waals surface area contributed by atoms with Gasteiger partial charge < -0.3 is 10.8 Å². The quantitative estimate of drug-likeness (QED) is 0.842. The molecule has 3 N–H and O–H groups in total. The van der Waals surface area contributed by atoms with Gasteiger partial charge in [-0.25, -0.2) is 0 Å². The molecule has 0 atom stereocenters. The first-order chi connectivity index (χ1) is 9.23. The zero-order valence-electron chi connectivity index (χ0n) is 10.5. The summed E-state index contributed by atoms with van der Waals surface area (Å²) in [7, 11) is 0. The number of nitrogens with two attached hydrogens (primary N) is 1. The molecule has 0 aliphatic rings. The van der Waals surface area contributed by atoms with E-state index in [-0.39, 0.29) is 23.7 Å². The molecule has 0 saturated heterocycles. The first-order valence-corrected chi connectivity index (χ1v) is 6.09. The number of rotatable bonds is 6. The number of hydrogen-bond acceptors (Lipinski definition) is 3. The van der Waals surface area contributed by atoms with E-state index >= 15 is 0 Å². The maximum atomic E-state index is 12.4. The molecule has 0 radical (unpaired) electrons. The van der Waals surface area contributed by atoms with Gasteiger partial charge >= 0.3 is 6.18 Å². The average molecular weight is 311 g/mol. The van der Waals surface area contributed by atoms with Crippen molar-refractivity contribution in [1.82, 2.24) is 4.90 Å². The van der Waals surface area contributed by atoms with Crippen molar-refractivity contribution in [3.63, 3.8) is 0 Å². The summed E-state index contributed by atoms with van der Waals surface area (Å²) < 4.78 is 37.2. The lowest BCUT2D eigenvalue weighted by Crippen LogP contribution is -2.35. The fraction of sp³-hybridized carbons (Fsp3) is 0.417. The Bertz CT molecular complexity index is 480. The SMILES string of the molecule is NC(=O)c1ccc(CN(CCO)CC(F)(F)F)c(Cl)c1. The molecule has 0 heterocycles. The summed E-state index contributed by atoms with van der Waals surface area (Å²) in [5.41, 5.74) is 5.68. The fourth-order valence-electron chi connectivity index (χ4n) is 1.68. The van der Waals surface area contributed by atoms with Crippen LogP contribution in [0.5, 0.6) is 0 Å². The normalized spacial score (nSPS) is 11.9. The molecule has 1 aromatic carbocycles. The van der Waals surface area contributed by atoms with Crippen molar-refractivity contribution in [2.45, 2.75) is 12.7 Å². The number of nitrogens with zero attached hydrogens (tertiary/aromatic N) is 1. The van der Waals surface area contributed by atoms with Gasteiger partial charge in [0.2, 0.25) is 5.91 Å². The van der Waals surface area contributed by atoms with Crippen LogP contribution >= 0.6 is 11.6 Å². The lowest BCUT2D eigenvalue weighted by atomic mass is 10.1. The number of aliphatic hydroxyl groups is 1. The molecule has 0 saturated carbocycles. The summed E-state index contributed by atoms with van der Waals surface area (Å²) in [6, 6.07) is 4.15. The molecule has 0 fully saturated rings. The van der Waals surface area contributed by atoms with Crippen LogP contribution in [0.3, 0.4) is 0 Å². The standard InChI is InChI=1S/C12H14ClF3N2O2/c13-10-5-8(11(17)20)1-2-9(10)6-18(3-4-19)7-12(14,15)16/h1-2,5,19H,3-4,6-7H2,(H2,17,20). The molecule has 0 unspecified atom stereocenters. The summed E-state index contributed by atoms with van der Waals surface area (Å²) in [6.07, 6.45) is -4.37. The fourth-order valence-corrected chi connectivity index (χ4v) is 1.92. The Morgan fingerprint density at radius 1 is 1.40 bits per heavy atom. The molecule has 8 heteroatoms. The highest BCUT2D eigenvalue weighted by Gasteiger charge is 2.30. The molecular formula is C12H14ClF3N2O2. The Morgan fingerprint density at radius 3 is 2.50 bits per heavy atom. The molecule has 1 aromatic rings. The topological polar surface area (TPSA) is 66.6 Å². The number of alkyl halides is 3. The van der Waals surface area contributed by atoms with E-state index in [1.54, 1.807) is 0 Å². The maximum absolute atomic E-state index is 12.4. The van der Waals surface area contributed by atoms with Gasteiger partial charge in [-0.1, -0.05) is 17.7 Å². The van der Waals surface area contributed by atoms with Crippen LogP contribution in [-0.2, 0) is 6.54 Å². The Kier molecular flexibility index (Phi) is 5.79. The molecule has 4 nitrogen and oxygen atoms in total. The van der Waals surface area contributed by atoms with Crippen LogP contribution in [0.2, 0.25) is 5.02 Å². The molecule has 1 rings (SSSR count). The number of benzene rings is 1. The minimum Gasteiger partial charge on any atom is -0.395 e. The summed E-state index contributed by atoms with van der Waals surface area (Å²) in [5.74, 6) is -0.666. The van der Waals surface area contributed by atoms with Gasteiger partial charge in [0, 0.05) is 23.7 Å². The Balaban J connectivity index is 2.85. The maximum Gasteiger partial charge on any atom is 0.401 e. The zero-order chi connectivity index (χ0) is 15.3. The zero-order valence-corrected chi connectivity index (χ0v) is 11.2. The number of carbonyl (C=O) groups is 1. The van der Waals surface area contributed by atoms with Crippen LogP contribution in [-0.4, -0.2) is 41.8 Å². The number of halogens is 4. The van der Waals surface area contributed by atoms with Crippen LogP contribution in [0, 0.1) is 0 Å². The third-order valence-electron chi connectivity index (χ3n) is 2.55. The summed E-state index contributed by atoms with van der Waals surface area (Å²) in [5, 5.41) is 8.95. The second-order valence-corrected chi connectivity index (χ2v) is 4.63. The van der Waals surface area contributed by atoms with E-state index in [0.29, 0.717) is 5.56 Å². The predicted octanol–water partition coefficient (Wildman–Crippen LogP) is 1.80. The van der Waals surface area contributed by atoms with E-state index in [1.807, 2.05) is 0 Å². The highest BCUT2D eigenvalue weighted by Crippen LogP contribution is 2.22. The third-order valence-corrected chi connectivity index (χ3v) is 2.90. The Labute approximate surface area is 118 Å². The van der Waals surface area contributed by atoms with Crippen LogP contribution in [0.15, 0.2) is 18.2 Å². The summed E-state index contributed by atoms with van der Waals surface area (Å²) in [6.45, 7) is -1.76. The molecular weight excluding hydrogens is 297 g/mol. The number of amides is 1. The monoisotopic (exact) mass is 310 g/mol. The highest BCUT2D eigenvalue weighted by molar-refractivity contribution is 6.31. The number of aliphatic hydroxyl groups excluding tert-OH is 1. The van der Waals surface area contributed by atoms with Crippen molar-refractivity contribution in [3.05, 3.63) is 34.3 Å². The number of carbonyl (C=O) groups excluding carboxylic acids is 1. The molecule has 0 aromatic heterocycles. The van der Waals surface area contributed by atoms with Crippen molar-refractivity contribution in [1.29, 1.82) is 0 Å². The van der Waals surface area contributed by atoms with Crippen molar-refractivity contribution in [2.75, 3.05) is 19.7 Å². The van der Waals surface area contributed by atoms with Crippen LogP contribution in [0.25, 0.3) is 0 Å².